The minimum atomic E-state index is -0.626. The molecule has 1 aliphatic heterocycles. The lowest BCUT2D eigenvalue weighted by Gasteiger charge is -2.26. The van der Waals surface area contributed by atoms with Crippen molar-refractivity contribution in [2.75, 3.05) is 26.2 Å². The Balaban J connectivity index is 1.56. The Bertz CT molecular complexity index is 993. The first-order valence-corrected chi connectivity index (χ1v) is 10.6. The highest BCUT2D eigenvalue weighted by atomic mass is 19.1. The van der Waals surface area contributed by atoms with Crippen molar-refractivity contribution in [1.29, 1.82) is 0 Å². The molecule has 0 amide bonds. The largest absolute Gasteiger partial charge is 0.311 e. The van der Waals surface area contributed by atoms with Gasteiger partial charge in [0.25, 0.3) is 0 Å². The number of likely N-dealkylation sites (tertiary alicyclic amines) is 1. The van der Waals surface area contributed by atoms with Crippen LogP contribution in [0.25, 0.3) is 16.9 Å². The maximum atomic E-state index is 14.3. The summed E-state index contributed by atoms with van der Waals surface area (Å²) < 4.78 is 29.2. The fourth-order valence-electron chi connectivity index (χ4n) is 4.04. The van der Waals surface area contributed by atoms with Crippen molar-refractivity contribution in [3.05, 3.63) is 71.4 Å². The monoisotopic (exact) mass is 410 g/mol. The van der Waals surface area contributed by atoms with Crippen LogP contribution in [0.3, 0.4) is 0 Å². The molecule has 0 bridgehead atoms. The fourth-order valence-corrected chi connectivity index (χ4v) is 4.04. The van der Waals surface area contributed by atoms with E-state index in [1.807, 2.05) is 37.4 Å². The Morgan fingerprint density at radius 1 is 1.03 bits per heavy atom. The Kier molecular flexibility index (Phi) is 6.55. The molecule has 3 aromatic rings. The molecule has 1 N–H and O–H groups in total. The summed E-state index contributed by atoms with van der Waals surface area (Å²) in [5.41, 5.74) is 4.18. The van der Waals surface area contributed by atoms with E-state index >= 15 is 0 Å². The van der Waals surface area contributed by atoms with E-state index in [0.717, 1.165) is 41.5 Å². The van der Waals surface area contributed by atoms with Gasteiger partial charge in [-0.15, -0.1) is 0 Å². The highest BCUT2D eigenvalue weighted by molar-refractivity contribution is 5.66. The first-order chi connectivity index (χ1) is 14.6. The molecule has 0 atom stereocenters. The number of aryl methyl sites for hydroxylation is 1. The van der Waals surface area contributed by atoms with E-state index < -0.39 is 11.6 Å². The van der Waals surface area contributed by atoms with E-state index in [1.165, 1.54) is 49.2 Å². The van der Waals surface area contributed by atoms with Crippen LogP contribution in [0.4, 0.5) is 8.78 Å². The molecule has 1 fully saturated rings. The molecular formula is C24H28F2N4. The van der Waals surface area contributed by atoms with Crippen LogP contribution in [-0.4, -0.2) is 40.9 Å². The zero-order valence-corrected chi connectivity index (χ0v) is 17.4. The lowest BCUT2D eigenvalue weighted by atomic mass is 10.0. The van der Waals surface area contributed by atoms with Gasteiger partial charge in [0, 0.05) is 43.0 Å². The van der Waals surface area contributed by atoms with E-state index in [2.05, 4.69) is 15.3 Å². The topological polar surface area (TPSA) is 33.1 Å². The summed E-state index contributed by atoms with van der Waals surface area (Å²) in [6.07, 6.45) is 5.75. The first-order valence-electron chi connectivity index (χ1n) is 10.6. The number of nitrogens with one attached hydrogen (secondary N) is 1. The normalized spacial score (nSPS) is 14.9. The average molecular weight is 411 g/mol. The minimum Gasteiger partial charge on any atom is -0.311 e. The van der Waals surface area contributed by atoms with Gasteiger partial charge < -0.3 is 10.2 Å². The van der Waals surface area contributed by atoms with Gasteiger partial charge in [0.2, 0.25) is 0 Å². The smallest absolute Gasteiger partial charge is 0.151 e. The predicted molar refractivity (Wildman–Crippen MR) is 116 cm³/mol. The Hall–Kier alpha value is -2.57. The van der Waals surface area contributed by atoms with Crippen molar-refractivity contribution in [2.45, 2.75) is 32.7 Å². The van der Waals surface area contributed by atoms with Crippen LogP contribution < -0.4 is 5.32 Å². The third-order valence-corrected chi connectivity index (χ3v) is 5.72. The van der Waals surface area contributed by atoms with E-state index in [4.69, 9.17) is 0 Å². The fraction of sp³-hybridized carbons (Fsp3) is 0.375. The summed E-state index contributed by atoms with van der Waals surface area (Å²) in [6.45, 7) is 6.96. The summed E-state index contributed by atoms with van der Waals surface area (Å²) in [6, 6.07) is 11.6. The second-order valence-electron chi connectivity index (χ2n) is 7.94. The highest BCUT2D eigenvalue weighted by Gasteiger charge is 2.16. The summed E-state index contributed by atoms with van der Waals surface area (Å²) in [5, 5.41) is 8.19. The molecule has 4 nitrogen and oxygen atoms in total. The van der Waals surface area contributed by atoms with Crippen molar-refractivity contribution < 1.29 is 8.78 Å². The SMILES string of the molecule is Cc1ccccc1-c1nn(-c2ccc(F)cc2F)cc1CNCCN1CCCCC1. The molecule has 0 radical (unpaired) electrons. The van der Waals surface area contributed by atoms with Crippen molar-refractivity contribution >= 4 is 0 Å². The number of hydrogen-bond donors (Lipinski definition) is 1. The molecular weight excluding hydrogens is 382 g/mol. The molecule has 4 rings (SSSR count). The number of aromatic nitrogens is 2. The van der Waals surface area contributed by atoms with Gasteiger partial charge in [-0.25, -0.2) is 13.5 Å². The standard InChI is InChI=1S/C24H28F2N4/c1-18-7-3-4-8-21(18)24-19(16-27-11-14-29-12-5-2-6-13-29)17-30(28-24)23-10-9-20(25)15-22(23)26/h3-4,7-10,15,17,27H,2,5-6,11-14,16H2,1H3. The molecule has 6 heteroatoms. The molecule has 0 spiro atoms. The van der Waals surface area contributed by atoms with E-state index in [9.17, 15) is 8.78 Å². The molecule has 0 unspecified atom stereocenters. The van der Waals surface area contributed by atoms with Crippen molar-refractivity contribution in [2.24, 2.45) is 0 Å². The minimum absolute atomic E-state index is 0.241. The van der Waals surface area contributed by atoms with Gasteiger partial charge in [0.15, 0.2) is 5.82 Å². The average Bonchev–Trinajstić information content (AvgIpc) is 3.16. The third kappa shape index (κ3) is 4.77. The first kappa shape index (κ1) is 20.7. The lowest BCUT2D eigenvalue weighted by molar-refractivity contribution is 0.229. The maximum Gasteiger partial charge on any atom is 0.151 e. The van der Waals surface area contributed by atoms with Gasteiger partial charge in [0.1, 0.15) is 11.5 Å². The van der Waals surface area contributed by atoms with Gasteiger partial charge in [-0.3, -0.25) is 0 Å². The number of nitrogens with zero attached hydrogens (tertiary/aromatic N) is 3. The van der Waals surface area contributed by atoms with Gasteiger partial charge in [-0.2, -0.15) is 5.10 Å². The molecule has 0 saturated carbocycles. The summed E-state index contributed by atoms with van der Waals surface area (Å²) in [7, 11) is 0. The summed E-state index contributed by atoms with van der Waals surface area (Å²) >= 11 is 0. The van der Waals surface area contributed by atoms with Crippen LogP contribution in [0, 0.1) is 18.6 Å². The van der Waals surface area contributed by atoms with Crippen LogP contribution in [0.15, 0.2) is 48.7 Å². The van der Waals surface area contributed by atoms with E-state index in [0.29, 0.717) is 6.54 Å². The molecule has 158 valence electrons. The number of rotatable bonds is 7. The Labute approximate surface area is 176 Å². The lowest BCUT2D eigenvalue weighted by Crippen LogP contribution is -2.35. The van der Waals surface area contributed by atoms with Crippen LogP contribution in [-0.2, 0) is 6.54 Å². The second kappa shape index (κ2) is 9.49. The summed E-state index contributed by atoms with van der Waals surface area (Å²) in [5.74, 6) is -1.22. The number of piperidine rings is 1. The zero-order chi connectivity index (χ0) is 20.9. The van der Waals surface area contributed by atoms with Crippen LogP contribution >= 0.6 is 0 Å². The quantitative estimate of drug-likeness (QED) is 0.573. The van der Waals surface area contributed by atoms with Gasteiger partial charge in [-0.05, 0) is 50.6 Å². The highest BCUT2D eigenvalue weighted by Crippen LogP contribution is 2.27. The van der Waals surface area contributed by atoms with E-state index in [-0.39, 0.29) is 5.69 Å². The molecule has 0 aliphatic carbocycles. The van der Waals surface area contributed by atoms with Crippen molar-refractivity contribution in [1.82, 2.24) is 20.0 Å². The molecule has 1 aromatic heterocycles. The van der Waals surface area contributed by atoms with Crippen molar-refractivity contribution in [3.63, 3.8) is 0 Å². The number of hydrogen-bond acceptors (Lipinski definition) is 3. The molecule has 30 heavy (non-hydrogen) atoms. The maximum absolute atomic E-state index is 14.3. The van der Waals surface area contributed by atoms with Gasteiger partial charge >= 0.3 is 0 Å². The van der Waals surface area contributed by atoms with Crippen LogP contribution in [0.1, 0.15) is 30.4 Å². The second-order valence-corrected chi connectivity index (χ2v) is 7.94. The number of halogens is 2. The molecule has 1 saturated heterocycles. The Morgan fingerprint density at radius 3 is 2.60 bits per heavy atom. The van der Waals surface area contributed by atoms with Gasteiger partial charge in [-0.1, -0.05) is 30.7 Å². The molecule has 2 heterocycles. The Morgan fingerprint density at radius 2 is 1.83 bits per heavy atom. The zero-order valence-electron chi connectivity index (χ0n) is 17.4. The van der Waals surface area contributed by atoms with Gasteiger partial charge in [0.05, 0.1) is 5.69 Å². The number of benzene rings is 2. The van der Waals surface area contributed by atoms with Crippen molar-refractivity contribution in [3.8, 4) is 16.9 Å². The third-order valence-electron chi connectivity index (χ3n) is 5.72. The van der Waals surface area contributed by atoms with Crippen LogP contribution in [0.2, 0.25) is 0 Å². The summed E-state index contributed by atoms with van der Waals surface area (Å²) in [4.78, 5) is 2.50. The predicted octanol–water partition coefficient (Wildman–Crippen LogP) is 4.70. The van der Waals surface area contributed by atoms with E-state index in [1.54, 1.807) is 0 Å². The van der Waals surface area contributed by atoms with Crippen LogP contribution in [0.5, 0.6) is 0 Å². The molecule has 1 aliphatic rings. The molecule has 2 aromatic carbocycles.